The van der Waals surface area contributed by atoms with Gasteiger partial charge in [-0.1, -0.05) is 35.9 Å². The summed E-state index contributed by atoms with van der Waals surface area (Å²) in [5.74, 6) is -3.03. The van der Waals surface area contributed by atoms with Gasteiger partial charge in [-0.2, -0.15) is 26.3 Å². The monoisotopic (exact) mass is 614 g/mol. The van der Waals surface area contributed by atoms with Crippen LogP contribution in [0.4, 0.5) is 40.8 Å². The average molecular weight is 616 g/mol. The Morgan fingerprint density at radius 3 is 2.03 bits per heavy atom. The molecule has 14 heteroatoms. The topological polar surface area (TPSA) is 72.2 Å². The largest absolute Gasteiger partial charge is 0.435 e. The molecular weight excluding hydrogens is 604 g/mol. The van der Waals surface area contributed by atoms with Crippen LogP contribution in [0.5, 0.6) is 0 Å². The number of anilines is 1. The maximum absolute atomic E-state index is 15.2. The number of alkyl halides is 7. The number of benzene rings is 3. The normalized spacial score (nSPS) is 12.4. The van der Waals surface area contributed by atoms with Crippen LogP contribution in [-0.2, 0) is 5.67 Å². The van der Waals surface area contributed by atoms with Crippen molar-refractivity contribution in [3.05, 3.63) is 86.6 Å². The summed E-state index contributed by atoms with van der Waals surface area (Å²) in [6, 6.07) is 9.35. The number of nitrogens with two attached hydrogens (primary N) is 1. The summed E-state index contributed by atoms with van der Waals surface area (Å²) < 4.78 is 107. The Morgan fingerprint density at radius 1 is 0.892 bits per heavy atom. The second-order valence-corrected chi connectivity index (χ2v) is 8.80. The van der Waals surface area contributed by atoms with E-state index in [9.17, 15) is 40.3 Å². The number of hydrogen-bond acceptors (Lipinski definition) is 2. The molecule has 0 atom stereocenters. The predicted octanol–water partition coefficient (Wildman–Crippen LogP) is 7.55. The number of halogens is 10. The summed E-state index contributed by atoms with van der Waals surface area (Å²) in [6.45, 7) is 0. The first kappa shape index (κ1) is 28.4. The first-order valence-corrected chi connectivity index (χ1v) is 11.0. The quantitative estimate of drug-likeness (QED) is 0.291. The van der Waals surface area contributed by atoms with E-state index < -0.39 is 62.0 Å². The number of carbonyl (C=O) groups excluding carboxylic acids is 2. The van der Waals surface area contributed by atoms with Crippen LogP contribution in [0.2, 0.25) is 5.02 Å². The Balaban J connectivity index is 2.01. The van der Waals surface area contributed by atoms with Crippen molar-refractivity contribution >= 4 is 45.0 Å². The molecule has 3 N–H and O–H groups in total. The summed E-state index contributed by atoms with van der Waals surface area (Å²) >= 11 is 8.48. The number of primary amides is 1. The highest BCUT2D eigenvalue weighted by molar-refractivity contribution is 9.10. The molecule has 0 aromatic heterocycles. The number of amides is 2. The van der Waals surface area contributed by atoms with Crippen LogP contribution in [-0.4, -0.2) is 24.2 Å². The van der Waals surface area contributed by atoms with Crippen LogP contribution in [0, 0.1) is 5.82 Å². The van der Waals surface area contributed by atoms with E-state index in [0.717, 1.165) is 6.07 Å². The van der Waals surface area contributed by atoms with Crippen molar-refractivity contribution < 1.29 is 44.7 Å². The molecule has 3 rings (SSSR count). The Hall–Kier alpha value is -3.19. The van der Waals surface area contributed by atoms with Gasteiger partial charge < -0.3 is 11.1 Å². The number of carbonyl (C=O) groups is 2. The van der Waals surface area contributed by atoms with E-state index in [2.05, 4.69) is 21.2 Å². The predicted molar refractivity (Wildman–Crippen MR) is 122 cm³/mol. The van der Waals surface area contributed by atoms with Crippen LogP contribution in [0.1, 0.15) is 26.3 Å². The van der Waals surface area contributed by atoms with Crippen molar-refractivity contribution in [3.8, 4) is 11.1 Å². The van der Waals surface area contributed by atoms with Crippen molar-refractivity contribution in [1.29, 1.82) is 0 Å². The smallest absolute Gasteiger partial charge is 0.366 e. The second kappa shape index (κ2) is 9.93. The van der Waals surface area contributed by atoms with Crippen LogP contribution in [0.25, 0.3) is 11.1 Å². The number of rotatable bonds is 5. The molecule has 0 bridgehead atoms. The van der Waals surface area contributed by atoms with Gasteiger partial charge in [0.2, 0.25) is 5.91 Å². The van der Waals surface area contributed by atoms with Crippen LogP contribution in [0.15, 0.2) is 59.1 Å². The number of nitrogens with one attached hydrogen (secondary N) is 1. The van der Waals surface area contributed by atoms with E-state index in [1.807, 2.05) is 0 Å². The highest BCUT2D eigenvalue weighted by atomic mass is 79.9. The van der Waals surface area contributed by atoms with E-state index in [1.54, 1.807) is 0 Å². The molecule has 0 aliphatic heterocycles. The van der Waals surface area contributed by atoms with Gasteiger partial charge >= 0.3 is 18.0 Å². The van der Waals surface area contributed by atoms with Gasteiger partial charge in [0.1, 0.15) is 5.82 Å². The summed E-state index contributed by atoms with van der Waals surface area (Å²) in [5, 5.41) is 1.19. The molecule has 0 spiro atoms. The summed E-state index contributed by atoms with van der Waals surface area (Å²) in [6.07, 6.45) is -12.8. The minimum absolute atomic E-state index is 0.0595. The van der Waals surface area contributed by atoms with E-state index >= 15 is 4.39 Å². The van der Waals surface area contributed by atoms with Crippen molar-refractivity contribution in [2.45, 2.75) is 18.0 Å². The van der Waals surface area contributed by atoms with Gasteiger partial charge in [-0.05, 0) is 51.8 Å². The lowest BCUT2D eigenvalue weighted by atomic mass is 9.94. The lowest BCUT2D eigenvalue weighted by Gasteiger charge is -2.30. The van der Waals surface area contributed by atoms with Gasteiger partial charge in [-0.15, -0.1) is 0 Å². The first-order chi connectivity index (χ1) is 17.0. The lowest BCUT2D eigenvalue weighted by molar-refractivity contribution is -0.348. The molecule has 2 amide bonds. The van der Waals surface area contributed by atoms with Gasteiger partial charge in [-0.3, -0.25) is 9.59 Å². The third-order valence-electron chi connectivity index (χ3n) is 5.16. The Bertz CT molecular complexity index is 1350. The molecule has 0 saturated heterocycles. The van der Waals surface area contributed by atoms with E-state index in [4.69, 9.17) is 17.3 Å². The molecule has 3 aromatic carbocycles. The van der Waals surface area contributed by atoms with Crippen molar-refractivity contribution in [2.75, 3.05) is 5.32 Å². The highest BCUT2D eigenvalue weighted by Gasteiger charge is 2.73. The van der Waals surface area contributed by atoms with Crippen molar-refractivity contribution in [2.24, 2.45) is 5.73 Å². The van der Waals surface area contributed by atoms with Crippen LogP contribution in [0.3, 0.4) is 0 Å². The van der Waals surface area contributed by atoms with Gasteiger partial charge in [-0.25, -0.2) is 8.78 Å². The molecule has 0 radical (unpaired) electrons. The van der Waals surface area contributed by atoms with Gasteiger partial charge in [0, 0.05) is 21.2 Å². The van der Waals surface area contributed by atoms with Gasteiger partial charge in [0.25, 0.3) is 5.91 Å². The second-order valence-electron chi connectivity index (χ2n) is 7.54. The fraction of sp³-hybridized carbons (Fsp3) is 0.130. The SMILES string of the molecule is NC(=O)c1cccc(-c2cccc(C(=O)Nc3c(Cl)cc(C(F)(C(F)(F)F)C(F)(F)F)cc3Br)c2F)c1. The van der Waals surface area contributed by atoms with E-state index in [1.165, 1.54) is 36.4 Å². The van der Waals surface area contributed by atoms with Gasteiger partial charge in [0.05, 0.1) is 16.3 Å². The summed E-state index contributed by atoms with van der Waals surface area (Å²) in [5.41, 5.74) is -3.42. The molecular formula is C23H12BrClF8N2O2. The van der Waals surface area contributed by atoms with E-state index in [0.29, 0.717) is 0 Å². The number of hydrogen-bond donors (Lipinski definition) is 2. The molecule has 4 nitrogen and oxygen atoms in total. The molecule has 0 aliphatic rings. The highest BCUT2D eigenvalue weighted by Crippen LogP contribution is 2.54. The Labute approximate surface area is 216 Å². The standard InChI is InChI=1S/C23H12BrClF8N2O2/c24-15-8-12(21(27,22(28,29)30)23(31,32)33)9-16(25)18(15)35-20(37)14-6-2-5-13(17(14)26)10-3-1-4-11(7-10)19(34)36/h1-9H,(H2,34,36)(H,35,37). The summed E-state index contributed by atoms with van der Waals surface area (Å²) in [7, 11) is 0. The molecule has 0 fully saturated rings. The lowest BCUT2D eigenvalue weighted by Crippen LogP contribution is -2.50. The summed E-state index contributed by atoms with van der Waals surface area (Å²) in [4.78, 5) is 24.2. The maximum atomic E-state index is 15.2. The molecule has 0 unspecified atom stereocenters. The van der Waals surface area contributed by atoms with Crippen LogP contribution >= 0.6 is 27.5 Å². The fourth-order valence-corrected chi connectivity index (χ4v) is 4.27. The molecule has 3 aromatic rings. The molecule has 0 heterocycles. The molecule has 0 saturated carbocycles. The maximum Gasteiger partial charge on any atom is 0.435 e. The zero-order chi connectivity index (χ0) is 27.9. The Kier molecular flexibility index (Phi) is 7.62. The third-order valence-corrected chi connectivity index (χ3v) is 6.08. The minimum atomic E-state index is -6.38. The first-order valence-electron chi connectivity index (χ1n) is 9.81. The van der Waals surface area contributed by atoms with Gasteiger partial charge in [0.15, 0.2) is 0 Å². The average Bonchev–Trinajstić information content (AvgIpc) is 2.79. The van der Waals surface area contributed by atoms with E-state index in [-0.39, 0.29) is 28.8 Å². The van der Waals surface area contributed by atoms with Crippen LogP contribution < -0.4 is 11.1 Å². The minimum Gasteiger partial charge on any atom is -0.366 e. The zero-order valence-corrected chi connectivity index (χ0v) is 20.2. The molecule has 196 valence electrons. The Morgan fingerprint density at radius 2 is 1.49 bits per heavy atom. The van der Waals surface area contributed by atoms with Crippen molar-refractivity contribution in [1.82, 2.24) is 0 Å². The third kappa shape index (κ3) is 5.28. The molecule has 37 heavy (non-hydrogen) atoms. The molecule has 0 aliphatic carbocycles. The van der Waals surface area contributed by atoms with Crippen molar-refractivity contribution in [3.63, 3.8) is 0 Å². The fourth-order valence-electron chi connectivity index (χ4n) is 3.33. The zero-order valence-electron chi connectivity index (χ0n) is 17.9.